The van der Waals surface area contributed by atoms with Crippen LogP contribution in [0.25, 0.3) is 0 Å². The summed E-state index contributed by atoms with van der Waals surface area (Å²) in [6.45, 7) is 3.07. The minimum absolute atomic E-state index is 0.165. The van der Waals surface area contributed by atoms with E-state index in [0.717, 1.165) is 24.9 Å². The first-order valence-electron chi connectivity index (χ1n) is 7.23. The average Bonchev–Trinajstić information content (AvgIpc) is 2.48. The van der Waals surface area contributed by atoms with E-state index >= 15 is 0 Å². The fraction of sp³-hybridized carbons (Fsp3) is 0.333. The first kappa shape index (κ1) is 14.7. The van der Waals surface area contributed by atoms with Crippen LogP contribution in [0.4, 0.5) is 4.39 Å². The van der Waals surface area contributed by atoms with Crippen molar-refractivity contribution in [1.82, 2.24) is 5.32 Å². The molecule has 0 aliphatic rings. The topological polar surface area (TPSA) is 12.0 Å². The van der Waals surface area contributed by atoms with E-state index in [9.17, 15) is 4.39 Å². The van der Waals surface area contributed by atoms with Crippen molar-refractivity contribution in [2.45, 2.75) is 25.7 Å². The molecule has 1 unspecified atom stereocenters. The first-order chi connectivity index (χ1) is 9.74. The second-order valence-electron chi connectivity index (χ2n) is 5.09. The van der Waals surface area contributed by atoms with Crippen LogP contribution in [-0.4, -0.2) is 13.6 Å². The SMILES string of the molecule is CCc1ccc(C(CCNC)c2cccc(F)c2)cc1. The smallest absolute Gasteiger partial charge is 0.123 e. The number of halogens is 1. The van der Waals surface area contributed by atoms with E-state index in [4.69, 9.17) is 0 Å². The Hall–Kier alpha value is -1.67. The van der Waals surface area contributed by atoms with Gasteiger partial charge in [0.2, 0.25) is 0 Å². The van der Waals surface area contributed by atoms with Crippen LogP contribution in [-0.2, 0) is 6.42 Å². The van der Waals surface area contributed by atoms with Gasteiger partial charge in [-0.05, 0) is 55.3 Å². The van der Waals surface area contributed by atoms with Gasteiger partial charge in [-0.2, -0.15) is 0 Å². The third-order valence-corrected chi connectivity index (χ3v) is 3.72. The summed E-state index contributed by atoms with van der Waals surface area (Å²) in [5.74, 6) is 0.0752. The number of aryl methyl sites for hydroxylation is 1. The summed E-state index contributed by atoms with van der Waals surface area (Å²) in [5, 5.41) is 3.18. The summed E-state index contributed by atoms with van der Waals surface area (Å²) in [5.41, 5.74) is 3.63. The van der Waals surface area contributed by atoms with Gasteiger partial charge in [0, 0.05) is 5.92 Å². The van der Waals surface area contributed by atoms with Gasteiger partial charge in [0.05, 0.1) is 0 Å². The van der Waals surface area contributed by atoms with Crippen LogP contribution in [0.3, 0.4) is 0 Å². The summed E-state index contributed by atoms with van der Waals surface area (Å²) in [6.07, 6.45) is 2.01. The number of benzene rings is 2. The molecule has 106 valence electrons. The molecule has 0 fully saturated rings. The molecule has 2 aromatic rings. The Morgan fingerprint density at radius 3 is 2.40 bits per heavy atom. The summed E-state index contributed by atoms with van der Waals surface area (Å²) in [4.78, 5) is 0. The highest BCUT2D eigenvalue weighted by molar-refractivity contribution is 5.34. The van der Waals surface area contributed by atoms with E-state index in [-0.39, 0.29) is 11.7 Å². The fourth-order valence-electron chi connectivity index (χ4n) is 2.52. The van der Waals surface area contributed by atoms with E-state index in [1.807, 2.05) is 13.1 Å². The second-order valence-corrected chi connectivity index (χ2v) is 5.09. The molecule has 2 aromatic carbocycles. The Balaban J connectivity index is 2.30. The van der Waals surface area contributed by atoms with E-state index in [2.05, 4.69) is 36.5 Å². The maximum atomic E-state index is 13.5. The molecule has 0 saturated carbocycles. The van der Waals surface area contributed by atoms with Gasteiger partial charge < -0.3 is 5.32 Å². The highest BCUT2D eigenvalue weighted by atomic mass is 19.1. The largest absolute Gasteiger partial charge is 0.320 e. The van der Waals surface area contributed by atoms with Crippen LogP contribution in [0, 0.1) is 5.82 Å². The lowest BCUT2D eigenvalue weighted by molar-refractivity contribution is 0.616. The molecule has 0 aliphatic carbocycles. The zero-order valence-electron chi connectivity index (χ0n) is 12.2. The highest BCUT2D eigenvalue weighted by Crippen LogP contribution is 2.28. The number of hydrogen-bond donors (Lipinski definition) is 1. The van der Waals surface area contributed by atoms with Gasteiger partial charge in [-0.15, -0.1) is 0 Å². The van der Waals surface area contributed by atoms with Crippen molar-refractivity contribution >= 4 is 0 Å². The lowest BCUT2D eigenvalue weighted by Gasteiger charge is -2.18. The molecule has 0 heterocycles. The summed E-state index contributed by atoms with van der Waals surface area (Å²) < 4.78 is 13.5. The molecule has 1 atom stereocenters. The van der Waals surface area contributed by atoms with E-state index < -0.39 is 0 Å². The highest BCUT2D eigenvalue weighted by Gasteiger charge is 2.14. The molecule has 20 heavy (non-hydrogen) atoms. The van der Waals surface area contributed by atoms with Gasteiger partial charge in [-0.3, -0.25) is 0 Å². The predicted octanol–water partition coefficient (Wildman–Crippen LogP) is 4.13. The Bertz CT molecular complexity index is 533. The molecular formula is C18H22FN. The van der Waals surface area contributed by atoms with Gasteiger partial charge in [0.1, 0.15) is 5.82 Å². The molecule has 1 N–H and O–H groups in total. The standard InChI is InChI=1S/C18H22FN/c1-3-14-7-9-15(10-8-14)18(11-12-20-2)16-5-4-6-17(19)13-16/h4-10,13,18,20H,3,11-12H2,1-2H3. The van der Waals surface area contributed by atoms with Crippen molar-refractivity contribution in [1.29, 1.82) is 0 Å². The molecule has 0 aliphatic heterocycles. The monoisotopic (exact) mass is 271 g/mol. The Morgan fingerprint density at radius 1 is 1.05 bits per heavy atom. The summed E-state index contributed by atoms with van der Waals surface area (Å²) in [6, 6.07) is 15.6. The Labute approximate surface area is 120 Å². The maximum absolute atomic E-state index is 13.5. The quantitative estimate of drug-likeness (QED) is 0.833. The summed E-state index contributed by atoms with van der Waals surface area (Å²) in [7, 11) is 1.95. The molecule has 2 rings (SSSR count). The molecule has 1 nitrogen and oxygen atoms in total. The molecule has 0 spiro atoms. The normalized spacial score (nSPS) is 12.3. The molecular weight excluding hydrogens is 249 g/mol. The molecule has 0 radical (unpaired) electrons. The molecule has 2 heteroatoms. The zero-order valence-corrected chi connectivity index (χ0v) is 12.2. The molecule has 0 saturated heterocycles. The van der Waals surface area contributed by atoms with Crippen LogP contribution in [0.5, 0.6) is 0 Å². The van der Waals surface area contributed by atoms with E-state index in [0.29, 0.717) is 0 Å². The van der Waals surface area contributed by atoms with Crippen LogP contribution in [0.15, 0.2) is 48.5 Å². The second kappa shape index (κ2) is 7.20. The fourth-order valence-corrected chi connectivity index (χ4v) is 2.52. The van der Waals surface area contributed by atoms with Crippen molar-refractivity contribution in [3.63, 3.8) is 0 Å². The Kier molecular flexibility index (Phi) is 5.31. The van der Waals surface area contributed by atoms with Gasteiger partial charge in [-0.25, -0.2) is 4.39 Å². The van der Waals surface area contributed by atoms with Gasteiger partial charge in [-0.1, -0.05) is 43.3 Å². The first-order valence-corrected chi connectivity index (χ1v) is 7.23. The zero-order chi connectivity index (χ0) is 14.4. The minimum Gasteiger partial charge on any atom is -0.320 e. The van der Waals surface area contributed by atoms with Crippen LogP contribution >= 0.6 is 0 Å². The van der Waals surface area contributed by atoms with Crippen molar-refractivity contribution in [2.24, 2.45) is 0 Å². The van der Waals surface area contributed by atoms with Crippen molar-refractivity contribution in [3.05, 3.63) is 71.0 Å². The summed E-state index contributed by atoms with van der Waals surface area (Å²) >= 11 is 0. The van der Waals surface area contributed by atoms with Crippen LogP contribution < -0.4 is 5.32 Å². The number of rotatable bonds is 6. The maximum Gasteiger partial charge on any atom is 0.123 e. The van der Waals surface area contributed by atoms with E-state index in [1.165, 1.54) is 17.2 Å². The van der Waals surface area contributed by atoms with Crippen LogP contribution in [0.2, 0.25) is 0 Å². The average molecular weight is 271 g/mol. The number of hydrogen-bond acceptors (Lipinski definition) is 1. The third kappa shape index (κ3) is 3.67. The lowest BCUT2D eigenvalue weighted by atomic mass is 9.88. The van der Waals surface area contributed by atoms with Crippen molar-refractivity contribution in [2.75, 3.05) is 13.6 Å². The van der Waals surface area contributed by atoms with E-state index in [1.54, 1.807) is 12.1 Å². The van der Waals surface area contributed by atoms with Crippen LogP contribution in [0.1, 0.15) is 36.0 Å². The van der Waals surface area contributed by atoms with Crippen molar-refractivity contribution in [3.8, 4) is 0 Å². The molecule has 0 bridgehead atoms. The number of nitrogens with one attached hydrogen (secondary N) is 1. The van der Waals surface area contributed by atoms with Gasteiger partial charge in [0.15, 0.2) is 0 Å². The Morgan fingerprint density at radius 2 is 1.80 bits per heavy atom. The minimum atomic E-state index is -0.165. The predicted molar refractivity (Wildman–Crippen MR) is 82.6 cm³/mol. The third-order valence-electron chi connectivity index (χ3n) is 3.72. The van der Waals surface area contributed by atoms with Gasteiger partial charge in [0.25, 0.3) is 0 Å². The van der Waals surface area contributed by atoms with Gasteiger partial charge >= 0.3 is 0 Å². The molecule has 0 amide bonds. The molecule has 0 aromatic heterocycles. The lowest BCUT2D eigenvalue weighted by Crippen LogP contribution is -2.13. The van der Waals surface area contributed by atoms with Crippen molar-refractivity contribution < 1.29 is 4.39 Å².